The quantitative estimate of drug-likeness (QED) is 0.117. The van der Waals surface area contributed by atoms with E-state index in [1.54, 1.807) is 0 Å². The molecule has 3 saturated heterocycles. The fourth-order valence-corrected chi connectivity index (χ4v) is 4.78. The van der Waals surface area contributed by atoms with E-state index in [0.29, 0.717) is 0 Å². The molecule has 3 fully saturated rings. The number of carbonyl (C=O) groups is 3. The fourth-order valence-electron chi connectivity index (χ4n) is 4.78. The second-order valence-electron chi connectivity index (χ2n) is 9.84. The second-order valence-corrected chi connectivity index (χ2v) is 9.84. The van der Waals surface area contributed by atoms with Gasteiger partial charge in [0.2, 0.25) is 11.8 Å². The van der Waals surface area contributed by atoms with Gasteiger partial charge < -0.3 is 80.3 Å². The van der Waals surface area contributed by atoms with Gasteiger partial charge in [0.15, 0.2) is 24.9 Å². The average molecular weight is 601 g/mol. The molecule has 0 aromatic heterocycles. The molecule has 0 aromatic rings. The highest BCUT2D eigenvalue weighted by Gasteiger charge is 2.54. The lowest BCUT2D eigenvalue weighted by atomic mass is 9.94. The van der Waals surface area contributed by atoms with Crippen molar-refractivity contribution in [1.29, 1.82) is 0 Å². The maximum absolute atomic E-state index is 11.7. The van der Waals surface area contributed by atoms with Crippen LogP contribution in [0.2, 0.25) is 0 Å². The maximum atomic E-state index is 11.7. The third-order valence-corrected chi connectivity index (χ3v) is 6.83. The molecule has 2 amide bonds. The number of aliphatic hydroxyl groups is 8. The van der Waals surface area contributed by atoms with Crippen LogP contribution in [0.25, 0.3) is 0 Å². The second kappa shape index (κ2) is 13.9. The van der Waals surface area contributed by atoms with E-state index in [1.807, 2.05) is 0 Å². The number of hydrogen-bond acceptors (Lipinski definition) is 16. The van der Waals surface area contributed by atoms with E-state index in [2.05, 4.69) is 10.6 Å². The van der Waals surface area contributed by atoms with Crippen LogP contribution in [0.4, 0.5) is 0 Å². The molecular weight excluding hydrogens is 564 g/mol. The highest BCUT2D eigenvalue weighted by molar-refractivity contribution is 5.75. The summed E-state index contributed by atoms with van der Waals surface area (Å²) in [5.74, 6) is -3.06. The molecule has 236 valence electrons. The molecule has 0 radical (unpaired) electrons. The van der Waals surface area contributed by atoms with Gasteiger partial charge in [-0.05, 0) is 0 Å². The van der Waals surface area contributed by atoms with Crippen molar-refractivity contribution in [1.82, 2.24) is 10.6 Å². The number of rotatable bonds is 9. The molecule has 3 rings (SSSR count). The molecule has 11 N–H and O–H groups in total. The predicted molar refractivity (Wildman–Crippen MR) is 125 cm³/mol. The number of hydrogen-bond donors (Lipinski definition) is 11. The van der Waals surface area contributed by atoms with Crippen LogP contribution in [-0.2, 0) is 38.1 Å². The minimum Gasteiger partial charge on any atom is -0.479 e. The van der Waals surface area contributed by atoms with Crippen molar-refractivity contribution in [2.45, 2.75) is 106 Å². The van der Waals surface area contributed by atoms with Crippen molar-refractivity contribution < 1.29 is 84.0 Å². The van der Waals surface area contributed by atoms with Gasteiger partial charge in [-0.25, -0.2) is 4.79 Å². The van der Waals surface area contributed by atoms with Crippen LogP contribution in [-0.4, -0.2) is 169 Å². The number of carbonyl (C=O) groups excluding carboxylic acids is 2. The third-order valence-electron chi connectivity index (χ3n) is 6.83. The monoisotopic (exact) mass is 600 g/mol. The first-order valence-electron chi connectivity index (χ1n) is 12.6. The van der Waals surface area contributed by atoms with Crippen molar-refractivity contribution in [3.63, 3.8) is 0 Å². The first-order valence-corrected chi connectivity index (χ1v) is 12.6. The third kappa shape index (κ3) is 7.28. The molecule has 0 aliphatic carbocycles. The van der Waals surface area contributed by atoms with Crippen LogP contribution in [0.3, 0.4) is 0 Å². The van der Waals surface area contributed by atoms with Gasteiger partial charge in [0.1, 0.15) is 67.1 Å². The zero-order chi connectivity index (χ0) is 30.8. The van der Waals surface area contributed by atoms with Gasteiger partial charge in [0.05, 0.1) is 13.2 Å². The smallest absolute Gasteiger partial charge is 0.335 e. The molecule has 19 nitrogen and oxygen atoms in total. The van der Waals surface area contributed by atoms with Gasteiger partial charge in [0, 0.05) is 13.8 Å². The number of carboxylic acids is 1. The molecule has 41 heavy (non-hydrogen) atoms. The molecule has 0 unspecified atom stereocenters. The highest BCUT2D eigenvalue weighted by Crippen LogP contribution is 2.32. The first-order chi connectivity index (χ1) is 19.2. The summed E-state index contributed by atoms with van der Waals surface area (Å²) in [6, 6.07) is -1.60. The molecular formula is C22H36N2O17. The summed E-state index contributed by atoms with van der Waals surface area (Å²) in [6.45, 7) is 0.484. The van der Waals surface area contributed by atoms with E-state index in [9.17, 15) is 60.3 Å². The van der Waals surface area contributed by atoms with E-state index in [4.69, 9.17) is 23.7 Å². The van der Waals surface area contributed by atoms with E-state index < -0.39 is 123 Å². The number of nitrogens with one attached hydrogen (secondary N) is 2. The van der Waals surface area contributed by atoms with E-state index in [0.717, 1.165) is 13.8 Å². The van der Waals surface area contributed by atoms with Gasteiger partial charge in [0.25, 0.3) is 0 Å². The normalized spacial score (nSPS) is 45.1. The molecule has 3 aliphatic heterocycles. The van der Waals surface area contributed by atoms with Crippen LogP contribution in [0.5, 0.6) is 0 Å². The molecule has 0 bridgehead atoms. The Balaban J connectivity index is 1.85. The minimum absolute atomic E-state index is 0.617. The molecule has 3 heterocycles. The number of ether oxygens (including phenoxy) is 5. The van der Waals surface area contributed by atoms with Crippen LogP contribution in [0, 0.1) is 0 Å². The highest BCUT2D eigenvalue weighted by atomic mass is 16.7. The Kier molecular flexibility index (Phi) is 11.3. The topological polar surface area (TPSA) is 303 Å². The molecule has 3 aliphatic rings. The Morgan fingerprint density at radius 1 is 0.659 bits per heavy atom. The van der Waals surface area contributed by atoms with Gasteiger partial charge in [-0.15, -0.1) is 0 Å². The van der Waals surface area contributed by atoms with Crippen molar-refractivity contribution >= 4 is 17.8 Å². The van der Waals surface area contributed by atoms with Crippen LogP contribution in [0.15, 0.2) is 0 Å². The van der Waals surface area contributed by atoms with Crippen molar-refractivity contribution in [3.05, 3.63) is 0 Å². The van der Waals surface area contributed by atoms with E-state index in [1.165, 1.54) is 0 Å². The Bertz CT molecular complexity index is 925. The summed E-state index contributed by atoms with van der Waals surface area (Å²) in [4.78, 5) is 34.7. The molecule has 0 saturated carbocycles. The van der Waals surface area contributed by atoms with Crippen LogP contribution in [0.1, 0.15) is 13.8 Å². The molecule has 0 aromatic carbocycles. The van der Waals surface area contributed by atoms with Gasteiger partial charge >= 0.3 is 5.97 Å². The summed E-state index contributed by atoms with van der Waals surface area (Å²) in [5.41, 5.74) is 0. The number of aliphatic hydroxyl groups excluding tert-OH is 8. The summed E-state index contributed by atoms with van der Waals surface area (Å²) in [5, 5.41) is 96.8. The number of carboxylic acid groups (broad SMARTS) is 1. The fraction of sp³-hybridized carbons (Fsp3) is 0.864. The SMILES string of the molecule is CC(=O)N[C@H]1[C@@H](O[C@H]2[C@@H](O)[C@@H](CO)O[C@@H](O[C@H]3[C@H](O)[C@@H](O)[C@@H](NC(C)=O)O[C@@H]3CO)[C@@H]2O)O[C@H](C(=O)O)[C@@H](O)[C@@H]1O. The summed E-state index contributed by atoms with van der Waals surface area (Å²) in [7, 11) is 0. The minimum atomic E-state index is -2.05. The lowest BCUT2D eigenvalue weighted by Crippen LogP contribution is -2.69. The van der Waals surface area contributed by atoms with E-state index >= 15 is 0 Å². The zero-order valence-corrected chi connectivity index (χ0v) is 21.9. The Morgan fingerprint density at radius 2 is 1.24 bits per heavy atom. The summed E-state index contributed by atoms with van der Waals surface area (Å²) >= 11 is 0. The largest absolute Gasteiger partial charge is 0.479 e. The van der Waals surface area contributed by atoms with E-state index in [-0.39, 0.29) is 0 Å². The molecule has 0 spiro atoms. The zero-order valence-electron chi connectivity index (χ0n) is 21.9. The summed E-state index contributed by atoms with van der Waals surface area (Å²) < 4.78 is 27.2. The van der Waals surface area contributed by atoms with Crippen molar-refractivity contribution in [2.75, 3.05) is 13.2 Å². The van der Waals surface area contributed by atoms with Crippen molar-refractivity contribution in [2.24, 2.45) is 0 Å². The Labute approximate surface area is 232 Å². The Morgan fingerprint density at radius 3 is 1.78 bits per heavy atom. The van der Waals surface area contributed by atoms with Gasteiger partial charge in [-0.3, -0.25) is 9.59 Å². The lowest BCUT2D eigenvalue weighted by molar-refractivity contribution is -0.365. The van der Waals surface area contributed by atoms with Crippen LogP contribution >= 0.6 is 0 Å². The molecule has 19 heteroatoms. The van der Waals surface area contributed by atoms with Gasteiger partial charge in [-0.2, -0.15) is 0 Å². The van der Waals surface area contributed by atoms with Crippen molar-refractivity contribution in [3.8, 4) is 0 Å². The first kappa shape index (κ1) is 33.4. The van der Waals surface area contributed by atoms with Gasteiger partial charge in [-0.1, -0.05) is 0 Å². The predicted octanol–water partition coefficient (Wildman–Crippen LogP) is -7.19. The van der Waals surface area contributed by atoms with Crippen LogP contribution < -0.4 is 10.6 Å². The summed E-state index contributed by atoms with van der Waals surface area (Å²) in [6.07, 6.45) is -25.0. The number of amides is 2. The number of aliphatic carboxylic acids is 1. The Hall–Kier alpha value is -2.11. The molecule has 15 atom stereocenters. The standard InChI is InChI=1S/C22H36N2O17/c1-5(27)23-9-11(30)12(31)18(20(35)36)41-21(9)40-17-10(29)7(3-25)38-22(15(17)34)39-16-8(4-26)37-19(24-6(2)28)14(33)13(16)32/h7-19,21-22,25-26,29-34H,3-4H2,1-2H3,(H,23,27)(H,24,28)(H,35,36)/t7-,8-,9-,10+,11-,12+,13-,14-,15-,16-,17+,18+,19+,21+,22+/m1/s1. The average Bonchev–Trinajstić information content (AvgIpc) is 2.90. The maximum Gasteiger partial charge on any atom is 0.335 e. The lowest BCUT2D eigenvalue weighted by Gasteiger charge is -2.48.